The fraction of sp³-hybridized carbons (Fsp3) is 0.115. The van der Waals surface area contributed by atoms with Gasteiger partial charge in [0.25, 0.3) is 11.8 Å². The zero-order valence-corrected chi connectivity index (χ0v) is 20.1. The molecule has 1 heterocycles. The zero-order valence-electron chi connectivity index (χ0n) is 18.4. The lowest BCUT2D eigenvalue weighted by atomic mass is 10.1. The standard InChI is InChI=1S/C26H21FN2O3S2/c1-16(2)32-22-8-3-5-17(13-22)14-23-25(31)29(26(33)34-23)21-7-4-6-18(15-21)24(30)28-20-11-9-19(27)10-12-20/h3-16H,1-2H3,(H,28,30)/b23-14+. The summed E-state index contributed by atoms with van der Waals surface area (Å²) in [7, 11) is 0. The molecule has 0 aliphatic carbocycles. The Labute approximate surface area is 206 Å². The number of ether oxygens (including phenoxy) is 1. The number of carbonyl (C=O) groups excluding carboxylic acids is 2. The van der Waals surface area contributed by atoms with E-state index in [0.717, 1.165) is 11.3 Å². The van der Waals surface area contributed by atoms with E-state index in [1.165, 1.54) is 40.9 Å². The second-order valence-corrected chi connectivity index (χ2v) is 9.44. The van der Waals surface area contributed by atoms with E-state index in [4.69, 9.17) is 17.0 Å². The molecule has 0 aromatic heterocycles. The molecule has 3 aromatic carbocycles. The van der Waals surface area contributed by atoms with E-state index in [-0.39, 0.29) is 23.7 Å². The molecule has 1 fully saturated rings. The molecule has 0 radical (unpaired) electrons. The molecule has 3 aromatic rings. The Balaban J connectivity index is 1.54. The minimum atomic E-state index is -0.387. The maximum atomic E-state index is 13.2. The number of nitrogens with zero attached hydrogens (tertiary/aromatic N) is 1. The van der Waals surface area contributed by atoms with Crippen LogP contribution in [0.2, 0.25) is 0 Å². The van der Waals surface area contributed by atoms with Crippen LogP contribution in [0, 0.1) is 5.82 Å². The van der Waals surface area contributed by atoms with Crippen LogP contribution in [-0.4, -0.2) is 22.2 Å². The van der Waals surface area contributed by atoms with E-state index >= 15 is 0 Å². The molecule has 0 atom stereocenters. The Morgan fingerprint density at radius 3 is 2.56 bits per heavy atom. The van der Waals surface area contributed by atoms with Crippen molar-refractivity contribution in [2.24, 2.45) is 0 Å². The number of amides is 2. The average molecular weight is 493 g/mol. The highest BCUT2D eigenvalue weighted by Crippen LogP contribution is 2.36. The lowest BCUT2D eigenvalue weighted by Gasteiger charge is -2.15. The first-order chi connectivity index (χ1) is 16.3. The van der Waals surface area contributed by atoms with Gasteiger partial charge >= 0.3 is 0 Å². The number of thioether (sulfide) groups is 1. The second kappa shape index (κ2) is 10.2. The van der Waals surface area contributed by atoms with Crippen LogP contribution in [0.4, 0.5) is 15.8 Å². The minimum Gasteiger partial charge on any atom is -0.491 e. The van der Waals surface area contributed by atoms with Crippen LogP contribution in [0.5, 0.6) is 5.75 Å². The largest absolute Gasteiger partial charge is 0.491 e. The number of hydrogen-bond donors (Lipinski definition) is 1. The van der Waals surface area contributed by atoms with Gasteiger partial charge in [0.1, 0.15) is 11.6 Å². The van der Waals surface area contributed by atoms with Crippen LogP contribution >= 0.6 is 24.0 Å². The molecule has 0 bridgehead atoms. The van der Waals surface area contributed by atoms with Crippen molar-refractivity contribution in [1.82, 2.24) is 0 Å². The molecule has 1 aliphatic rings. The summed E-state index contributed by atoms with van der Waals surface area (Å²) >= 11 is 6.67. The molecule has 1 N–H and O–H groups in total. The summed E-state index contributed by atoms with van der Waals surface area (Å²) in [5.41, 5.74) is 2.13. The van der Waals surface area contributed by atoms with Gasteiger partial charge in [-0.25, -0.2) is 4.39 Å². The second-order valence-electron chi connectivity index (χ2n) is 7.77. The third kappa shape index (κ3) is 5.52. The van der Waals surface area contributed by atoms with E-state index in [1.54, 1.807) is 30.3 Å². The summed E-state index contributed by atoms with van der Waals surface area (Å²) in [6, 6.07) is 19.6. The molecule has 0 saturated carbocycles. The highest BCUT2D eigenvalue weighted by Gasteiger charge is 2.33. The number of thiocarbonyl (C=S) groups is 1. The van der Waals surface area contributed by atoms with E-state index in [0.29, 0.717) is 26.2 Å². The smallest absolute Gasteiger partial charge is 0.270 e. The van der Waals surface area contributed by atoms with Gasteiger partial charge in [-0.2, -0.15) is 0 Å². The average Bonchev–Trinajstić information content (AvgIpc) is 3.08. The van der Waals surface area contributed by atoms with Gasteiger partial charge in [-0.05, 0) is 80.1 Å². The van der Waals surface area contributed by atoms with Crippen LogP contribution in [-0.2, 0) is 4.79 Å². The van der Waals surface area contributed by atoms with Gasteiger partial charge in [0.05, 0.1) is 16.7 Å². The fourth-order valence-corrected chi connectivity index (χ4v) is 4.61. The number of halogens is 1. The molecule has 2 amide bonds. The SMILES string of the molecule is CC(C)Oc1cccc(/C=C2/SC(=S)N(c3cccc(C(=O)Nc4ccc(F)cc4)c3)C2=O)c1. The number of anilines is 2. The van der Waals surface area contributed by atoms with Crippen molar-refractivity contribution >= 4 is 57.6 Å². The number of benzene rings is 3. The number of rotatable bonds is 6. The summed E-state index contributed by atoms with van der Waals surface area (Å²) in [4.78, 5) is 27.7. The molecular formula is C26H21FN2O3S2. The minimum absolute atomic E-state index is 0.0426. The van der Waals surface area contributed by atoms with Crippen LogP contribution in [0.15, 0.2) is 77.7 Å². The van der Waals surface area contributed by atoms with Gasteiger partial charge in [-0.1, -0.05) is 42.2 Å². The van der Waals surface area contributed by atoms with Gasteiger partial charge < -0.3 is 10.1 Å². The molecule has 0 spiro atoms. The van der Waals surface area contributed by atoms with Gasteiger partial charge in [0, 0.05) is 11.3 Å². The van der Waals surface area contributed by atoms with Crippen LogP contribution in [0.3, 0.4) is 0 Å². The van der Waals surface area contributed by atoms with Crippen molar-refractivity contribution in [3.05, 3.63) is 94.6 Å². The summed E-state index contributed by atoms with van der Waals surface area (Å²) in [6.45, 7) is 3.90. The molecule has 34 heavy (non-hydrogen) atoms. The third-order valence-corrected chi connectivity index (χ3v) is 6.09. The van der Waals surface area contributed by atoms with Crippen molar-refractivity contribution < 1.29 is 18.7 Å². The summed E-state index contributed by atoms with van der Waals surface area (Å²) in [5, 5.41) is 2.72. The Morgan fingerprint density at radius 2 is 1.82 bits per heavy atom. The maximum absolute atomic E-state index is 13.2. The van der Waals surface area contributed by atoms with Crippen molar-refractivity contribution in [1.29, 1.82) is 0 Å². The normalized spacial score (nSPS) is 14.7. The molecule has 0 unspecified atom stereocenters. The van der Waals surface area contributed by atoms with Crippen molar-refractivity contribution in [3.8, 4) is 5.75 Å². The van der Waals surface area contributed by atoms with E-state index in [1.807, 2.05) is 38.1 Å². The predicted molar refractivity (Wildman–Crippen MR) is 139 cm³/mol. The third-order valence-electron chi connectivity index (χ3n) is 4.79. The molecule has 4 rings (SSSR count). The number of hydrogen-bond acceptors (Lipinski definition) is 5. The monoisotopic (exact) mass is 492 g/mol. The maximum Gasteiger partial charge on any atom is 0.270 e. The summed E-state index contributed by atoms with van der Waals surface area (Å²) in [5.74, 6) is -0.307. The van der Waals surface area contributed by atoms with Gasteiger partial charge in [-0.3, -0.25) is 14.5 Å². The summed E-state index contributed by atoms with van der Waals surface area (Å²) < 4.78 is 19.2. The topological polar surface area (TPSA) is 58.6 Å². The van der Waals surface area contributed by atoms with E-state index < -0.39 is 0 Å². The quantitative estimate of drug-likeness (QED) is 0.325. The van der Waals surface area contributed by atoms with Gasteiger partial charge in [0.15, 0.2) is 4.32 Å². The first kappa shape index (κ1) is 23.7. The fourth-order valence-electron chi connectivity index (χ4n) is 3.31. The lowest BCUT2D eigenvalue weighted by Crippen LogP contribution is -2.27. The molecule has 172 valence electrons. The van der Waals surface area contributed by atoms with Gasteiger partial charge in [-0.15, -0.1) is 0 Å². The Hall–Kier alpha value is -3.49. The van der Waals surface area contributed by atoms with E-state index in [9.17, 15) is 14.0 Å². The molecule has 1 saturated heterocycles. The first-order valence-corrected chi connectivity index (χ1v) is 11.7. The highest BCUT2D eigenvalue weighted by atomic mass is 32.2. The molecule has 5 nitrogen and oxygen atoms in total. The number of carbonyl (C=O) groups is 2. The highest BCUT2D eigenvalue weighted by molar-refractivity contribution is 8.27. The van der Waals surface area contributed by atoms with Crippen LogP contribution in [0.25, 0.3) is 6.08 Å². The molecular weight excluding hydrogens is 471 g/mol. The van der Waals surface area contributed by atoms with E-state index in [2.05, 4.69) is 5.32 Å². The Morgan fingerprint density at radius 1 is 1.09 bits per heavy atom. The van der Waals surface area contributed by atoms with Crippen molar-refractivity contribution in [2.75, 3.05) is 10.2 Å². The molecule has 1 aliphatic heterocycles. The van der Waals surface area contributed by atoms with Crippen LogP contribution < -0.4 is 15.0 Å². The number of nitrogens with one attached hydrogen (secondary N) is 1. The lowest BCUT2D eigenvalue weighted by molar-refractivity contribution is -0.113. The predicted octanol–water partition coefficient (Wildman–Crippen LogP) is 6.27. The van der Waals surface area contributed by atoms with Crippen LogP contribution in [0.1, 0.15) is 29.8 Å². The Bertz CT molecular complexity index is 1290. The molecule has 8 heteroatoms. The van der Waals surface area contributed by atoms with Crippen molar-refractivity contribution in [2.45, 2.75) is 20.0 Å². The van der Waals surface area contributed by atoms with Crippen molar-refractivity contribution in [3.63, 3.8) is 0 Å². The first-order valence-electron chi connectivity index (χ1n) is 10.5. The Kier molecular flexibility index (Phi) is 7.09. The zero-order chi connectivity index (χ0) is 24.2. The van der Waals surface area contributed by atoms with Gasteiger partial charge in [0.2, 0.25) is 0 Å². The summed E-state index contributed by atoms with van der Waals surface area (Å²) in [6.07, 6.45) is 1.82.